The van der Waals surface area contributed by atoms with E-state index in [0.717, 1.165) is 23.2 Å². The quantitative estimate of drug-likeness (QED) is 0.544. The minimum Gasteiger partial charge on any atom is -0.482 e. The number of ether oxygens (including phenoxy) is 2. The van der Waals surface area contributed by atoms with E-state index in [2.05, 4.69) is 0 Å². The number of ketones is 1. The summed E-state index contributed by atoms with van der Waals surface area (Å²) in [5.74, 6) is -0.236. The number of benzene rings is 2. The highest BCUT2D eigenvalue weighted by Crippen LogP contribution is 2.21. The monoisotopic (exact) mass is 381 g/mol. The summed E-state index contributed by atoms with van der Waals surface area (Å²) in [5.41, 5.74) is 3.41. The lowest BCUT2D eigenvalue weighted by Gasteiger charge is -2.15. The number of aryl methyl sites for hydroxylation is 2. The molecule has 0 bridgehead atoms. The summed E-state index contributed by atoms with van der Waals surface area (Å²) in [6.45, 7) is 4.05. The third-order valence-corrected chi connectivity index (χ3v) is 4.77. The van der Waals surface area contributed by atoms with Crippen LogP contribution < -0.4 is 9.64 Å². The highest BCUT2D eigenvalue weighted by molar-refractivity contribution is 5.99. The molecule has 0 saturated carbocycles. The van der Waals surface area contributed by atoms with E-state index in [4.69, 9.17) is 9.47 Å². The Morgan fingerprint density at radius 1 is 1.00 bits per heavy atom. The maximum Gasteiger partial charge on any atom is 0.344 e. The fourth-order valence-electron chi connectivity index (χ4n) is 2.97. The topological polar surface area (TPSA) is 72.9 Å². The van der Waals surface area contributed by atoms with Gasteiger partial charge in [-0.25, -0.2) is 4.79 Å². The maximum atomic E-state index is 12.2. The van der Waals surface area contributed by atoms with E-state index in [9.17, 15) is 14.4 Å². The molecule has 146 valence electrons. The Labute approximate surface area is 164 Å². The van der Waals surface area contributed by atoms with Gasteiger partial charge in [-0.1, -0.05) is 6.07 Å². The standard InChI is InChI=1S/C22H23NO5/c1-15-5-10-19(12-16(15)2)27-14-22(26)28-13-20(24)17-6-8-18(9-7-17)23-11-3-4-21(23)25/h5-10,12H,3-4,11,13-14H2,1-2H3. The van der Waals surface area contributed by atoms with Crippen molar-refractivity contribution in [3.05, 3.63) is 59.2 Å². The molecule has 6 heteroatoms. The van der Waals surface area contributed by atoms with Crippen LogP contribution in [0.2, 0.25) is 0 Å². The minimum absolute atomic E-state index is 0.0942. The van der Waals surface area contributed by atoms with Gasteiger partial charge >= 0.3 is 5.97 Å². The molecule has 0 atom stereocenters. The molecule has 6 nitrogen and oxygen atoms in total. The lowest BCUT2D eigenvalue weighted by Crippen LogP contribution is -2.23. The lowest BCUT2D eigenvalue weighted by molar-refractivity contribution is -0.144. The largest absolute Gasteiger partial charge is 0.482 e. The Kier molecular flexibility index (Phi) is 6.09. The van der Waals surface area contributed by atoms with Crippen LogP contribution in [0.25, 0.3) is 0 Å². The number of esters is 1. The number of anilines is 1. The summed E-state index contributed by atoms with van der Waals surface area (Å²) >= 11 is 0. The lowest BCUT2D eigenvalue weighted by atomic mass is 10.1. The fourth-order valence-corrected chi connectivity index (χ4v) is 2.97. The number of nitrogens with zero attached hydrogens (tertiary/aromatic N) is 1. The summed E-state index contributed by atoms with van der Waals surface area (Å²) in [5, 5.41) is 0. The number of amides is 1. The Morgan fingerprint density at radius 2 is 1.75 bits per heavy atom. The average molecular weight is 381 g/mol. The van der Waals surface area contributed by atoms with E-state index in [1.54, 1.807) is 35.2 Å². The second-order valence-corrected chi connectivity index (χ2v) is 6.81. The van der Waals surface area contributed by atoms with Crippen molar-refractivity contribution in [2.45, 2.75) is 26.7 Å². The number of hydrogen-bond acceptors (Lipinski definition) is 5. The van der Waals surface area contributed by atoms with Crippen molar-refractivity contribution in [2.24, 2.45) is 0 Å². The zero-order valence-electron chi connectivity index (χ0n) is 16.1. The molecule has 0 aromatic heterocycles. The summed E-state index contributed by atoms with van der Waals surface area (Å²) in [4.78, 5) is 37.5. The van der Waals surface area contributed by atoms with Crippen LogP contribution in [0, 0.1) is 13.8 Å². The first-order valence-electron chi connectivity index (χ1n) is 9.23. The van der Waals surface area contributed by atoms with Crippen LogP contribution in [-0.4, -0.2) is 37.4 Å². The zero-order valence-corrected chi connectivity index (χ0v) is 16.1. The van der Waals surface area contributed by atoms with Gasteiger partial charge in [-0.3, -0.25) is 9.59 Å². The second-order valence-electron chi connectivity index (χ2n) is 6.81. The third-order valence-electron chi connectivity index (χ3n) is 4.77. The van der Waals surface area contributed by atoms with Gasteiger partial charge in [0.25, 0.3) is 0 Å². The Hall–Kier alpha value is -3.15. The molecule has 1 heterocycles. The zero-order chi connectivity index (χ0) is 20.1. The molecular formula is C22H23NO5. The van der Waals surface area contributed by atoms with Crippen molar-refractivity contribution >= 4 is 23.3 Å². The molecule has 0 radical (unpaired) electrons. The van der Waals surface area contributed by atoms with Gasteiger partial charge in [0.1, 0.15) is 5.75 Å². The SMILES string of the molecule is Cc1ccc(OCC(=O)OCC(=O)c2ccc(N3CCCC3=O)cc2)cc1C. The fraction of sp³-hybridized carbons (Fsp3) is 0.318. The predicted molar refractivity (Wildman–Crippen MR) is 105 cm³/mol. The molecule has 0 N–H and O–H groups in total. The van der Waals surface area contributed by atoms with Gasteiger partial charge in [0.2, 0.25) is 5.91 Å². The number of rotatable bonds is 7. The first kappa shape index (κ1) is 19.6. The molecule has 1 amide bonds. The summed E-state index contributed by atoms with van der Waals surface area (Å²) in [6, 6.07) is 12.3. The summed E-state index contributed by atoms with van der Waals surface area (Å²) in [7, 11) is 0. The van der Waals surface area contributed by atoms with Crippen molar-refractivity contribution in [1.82, 2.24) is 0 Å². The van der Waals surface area contributed by atoms with Gasteiger partial charge in [-0.15, -0.1) is 0 Å². The third kappa shape index (κ3) is 4.76. The van der Waals surface area contributed by atoms with Crippen LogP contribution in [0.3, 0.4) is 0 Å². The van der Waals surface area contributed by atoms with E-state index in [-0.39, 0.29) is 24.9 Å². The molecule has 1 aliphatic heterocycles. The van der Waals surface area contributed by atoms with Crippen LogP contribution in [0.5, 0.6) is 5.75 Å². The maximum absolute atomic E-state index is 12.2. The first-order valence-corrected chi connectivity index (χ1v) is 9.23. The summed E-state index contributed by atoms with van der Waals surface area (Å²) < 4.78 is 10.4. The van der Waals surface area contributed by atoms with Gasteiger partial charge in [-0.05, 0) is 67.8 Å². The van der Waals surface area contributed by atoms with E-state index in [1.807, 2.05) is 26.0 Å². The first-order chi connectivity index (χ1) is 13.4. The predicted octanol–water partition coefficient (Wildman–Crippen LogP) is 3.24. The van der Waals surface area contributed by atoms with Crippen molar-refractivity contribution in [3.63, 3.8) is 0 Å². The van der Waals surface area contributed by atoms with Crippen molar-refractivity contribution in [2.75, 3.05) is 24.7 Å². The van der Waals surface area contributed by atoms with E-state index in [0.29, 0.717) is 24.3 Å². The van der Waals surface area contributed by atoms with Crippen molar-refractivity contribution < 1.29 is 23.9 Å². The normalized spacial score (nSPS) is 13.5. The van der Waals surface area contributed by atoms with Gasteiger partial charge in [0, 0.05) is 24.2 Å². The molecule has 2 aromatic carbocycles. The number of carbonyl (C=O) groups is 3. The minimum atomic E-state index is -0.606. The van der Waals surface area contributed by atoms with E-state index in [1.165, 1.54) is 0 Å². The van der Waals surface area contributed by atoms with E-state index < -0.39 is 5.97 Å². The van der Waals surface area contributed by atoms with Crippen LogP contribution in [0.4, 0.5) is 5.69 Å². The number of hydrogen-bond donors (Lipinski definition) is 0. The average Bonchev–Trinajstić information content (AvgIpc) is 3.13. The van der Waals surface area contributed by atoms with Gasteiger partial charge in [-0.2, -0.15) is 0 Å². The Balaban J connectivity index is 1.47. The van der Waals surface area contributed by atoms with E-state index >= 15 is 0 Å². The van der Waals surface area contributed by atoms with Gasteiger partial charge < -0.3 is 14.4 Å². The molecule has 1 saturated heterocycles. The smallest absolute Gasteiger partial charge is 0.344 e. The Morgan fingerprint density at radius 3 is 2.39 bits per heavy atom. The van der Waals surface area contributed by atoms with Crippen molar-refractivity contribution in [3.8, 4) is 5.75 Å². The highest BCUT2D eigenvalue weighted by Gasteiger charge is 2.21. The number of carbonyl (C=O) groups excluding carboxylic acids is 3. The van der Waals surface area contributed by atoms with Gasteiger partial charge in [0.05, 0.1) is 0 Å². The van der Waals surface area contributed by atoms with Crippen LogP contribution in [0.15, 0.2) is 42.5 Å². The highest BCUT2D eigenvalue weighted by atomic mass is 16.6. The molecule has 0 spiro atoms. The molecule has 3 rings (SSSR count). The summed E-state index contributed by atoms with van der Waals surface area (Å²) in [6.07, 6.45) is 1.40. The molecule has 0 aliphatic carbocycles. The molecule has 0 unspecified atom stereocenters. The van der Waals surface area contributed by atoms with Crippen molar-refractivity contribution in [1.29, 1.82) is 0 Å². The van der Waals surface area contributed by atoms with Crippen LogP contribution >= 0.6 is 0 Å². The second kappa shape index (κ2) is 8.69. The van der Waals surface area contributed by atoms with Crippen LogP contribution in [-0.2, 0) is 14.3 Å². The molecule has 28 heavy (non-hydrogen) atoms. The molecule has 1 fully saturated rings. The Bertz CT molecular complexity index is 888. The molecule has 1 aliphatic rings. The molecular weight excluding hydrogens is 358 g/mol. The molecule has 2 aromatic rings. The number of Topliss-reactive ketones (excluding diaryl/α,β-unsaturated/α-hetero) is 1. The van der Waals surface area contributed by atoms with Gasteiger partial charge in [0.15, 0.2) is 19.0 Å². The van der Waals surface area contributed by atoms with Crippen LogP contribution in [0.1, 0.15) is 34.3 Å².